The van der Waals surface area contributed by atoms with Crippen LogP contribution in [0.25, 0.3) is 0 Å². The number of ether oxygens (including phenoxy) is 2. The van der Waals surface area contributed by atoms with Crippen molar-refractivity contribution in [3.8, 4) is 11.5 Å². The van der Waals surface area contributed by atoms with Crippen molar-refractivity contribution in [3.05, 3.63) is 132 Å². The quantitative estimate of drug-likeness (QED) is 0.342. The highest BCUT2D eigenvalue weighted by Gasteiger charge is 2.35. The first-order valence-electron chi connectivity index (χ1n) is 11.1. The number of likely N-dealkylation sites (tertiary alicyclic amines) is 1. The summed E-state index contributed by atoms with van der Waals surface area (Å²) in [5, 5.41) is 0. The summed E-state index contributed by atoms with van der Waals surface area (Å²) >= 11 is 0. The molecule has 0 aromatic heterocycles. The summed E-state index contributed by atoms with van der Waals surface area (Å²) in [4.78, 5) is 2.48. The average molecular weight is 422 g/mol. The largest absolute Gasteiger partial charge is 0.489 e. The van der Waals surface area contributed by atoms with Crippen LogP contribution in [0, 0.1) is 0 Å². The first kappa shape index (κ1) is 20.3. The molecule has 5 rings (SSSR count). The third-order valence-electron chi connectivity index (χ3n) is 5.83. The van der Waals surface area contributed by atoms with E-state index in [0.717, 1.165) is 30.2 Å². The normalized spacial score (nSPS) is 14.2. The van der Waals surface area contributed by atoms with Crippen molar-refractivity contribution in [1.82, 2.24) is 4.90 Å². The Labute approximate surface area is 189 Å². The molecule has 0 bridgehead atoms. The van der Waals surface area contributed by atoms with Gasteiger partial charge in [-0.2, -0.15) is 0 Å². The molecule has 0 radical (unpaired) electrons. The summed E-state index contributed by atoms with van der Waals surface area (Å²) in [6, 6.07) is 39.8. The van der Waals surface area contributed by atoms with Crippen molar-refractivity contribution in [2.45, 2.75) is 18.8 Å². The molecule has 1 fully saturated rings. The molecular formula is C29H27NO2. The van der Waals surface area contributed by atoms with Gasteiger partial charge in [0.1, 0.15) is 24.2 Å². The van der Waals surface area contributed by atoms with Crippen molar-refractivity contribution < 1.29 is 9.47 Å². The molecule has 3 heteroatoms. The predicted octanol–water partition coefficient (Wildman–Crippen LogP) is 6.12. The Hall–Kier alpha value is -3.56. The summed E-state index contributed by atoms with van der Waals surface area (Å²) in [5.74, 6) is 1.69. The topological polar surface area (TPSA) is 21.7 Å². The lowest BCUT2D eigenvalue weighted by molar-refractivity contribution is 0.000172. The van der Waals surface area contributed by atoms with Crippen LogP contribution in [-0.2, 0) is 6.61 Å². The van der Waals surface area contributed by atoms with Crippen LogP contribution in [0.4, 0.5) is 0 Å². The molecule has 0 unspecified atom stereocenters. The molecule has 4 aromatic rings. The van der Waals surface area contributed by atoms with Crippen molar-refractivity contribution in [2.75, 3.05) is 13.1 Å². The molecule has 32 heavy (non-hydrogen) atoms. The van der Waals surface area contributed by atoms with Gasteiger partial charge in [0.2, 0.25) is 0 Å². The number of hydrogen-bond acceptors (Lipinski definition) is 3. The molecule has 0 saturated carbocycles. The zero-order valence-electron chi connectivity index (χ0n) is 18.0. The molecule has 0 N–H and O–H groups in total. The van der Waals surface area contributed by atoms with Crippen LogP contribution >= 0.6 is 0 Å². The number of rotatable bonds is 8. The van der Waals surface area contributed by atoms with Crippen LogP contribution in [0.15, 0.2) is 115 Å². The molecule has 4 aromatic carbocycles. The van der Waals surface area contributed by atoms with Gasteiger partial charge in [0, 0.05) is 19.2 Å². The highest BCUT2D eigenvalue weighted by molar-refractivity contribution is 5.35. The Morgan fingerprint density at radius 3 is 1.84 bits per heavy atom. The van der Waals surface area contributed by atoms with Gasteiger partial charge in [-0.3, -0.25) is 4.90 Å². The van der Waals surface area contributed by atoms with Crippen molar-refractivity contribution in [1.29, 1.82) is 0 Å². The van der Waals surface area contributed by atoms with E-state index in [-0.39, 0.29) is 12.1 Å². The van der Waals surface area contributed by atoms with Crippen LogP contribution in [-0.4, -0.2) is 24.1 Å². The summed E-state index contributed by atoms with van der Waals surface area (Å²) < 4.78 is 12.2. The second-order valence-electron chi connectivity index (χ2n) is 8.17. The standard InChI is InChI=1S/C29H27NO2/c1-4-11-23(12-5-1)22-31-26-17-10-18-27(19-26)32-28-20-30(21-28)29(24-13-6-2-7-14-24)25-15-8-3-9-16-25/h1-19,28-29H,20-22H2. The third kappa shape index (κ3) is 4.84. The molecule has 1 aliphatic heterocycles. The summed E-state index contributed by atoms with van der Waals surface area (Å²) in [6.07, 6.45) is 0.175. The van der Waals surface area contributed by atoms with E-state index in [4.69, 9.17) is 9.47 Å². The molecule has 0 spiro atoms. The van der Waals surface area contributed by atoms with Gasteiger partial charge < -0.3 is 9.47 Å². The van der Waals surface area contributed by atoms with E-state index in [0.29, 0.717) is 6.61 Å². The highest BCUT2D eigenvalue weighted by atomic mass is 16.5. The Balaban J connectivity index is 1.21. The number of nitrogens with zero attached hydrogens (tertiary/aromatic N) is 1. The van der Waals surface area contributed by atoms with Crippen LogP contribution in [0.2, 0.25) is 0 Å². The third-order valence-corrected chi connectivity index (χ3v) is 5.83. The molecule has 1 aliphatic rings. The molecule has 1 heterocycles. The highest BCUT2D eigenvalue weighted by Crippen LogP contribution is 2.33. The zero-order chi connectivity index (χ0) is 21.6. The Bertz CT molecular complexity index is 1070. The van der Waals surface area contributed by atoms with E-state index in [9.17, 15) is 0 Å². The zero-order valence-corrected chi connectivity index (χ0v) is 18.0. The number of hydrogen-bond donors (Lipinski definition) is 0. The smallest absolute Gasteiger partial charge is 0.124 e. The predicted molar refractivity (Wildman–Crippen MR) is 128 cm³/mol. The van der Waals surface area contributed by atoms with Gasteiger partial charge in [0.05, 0.1) is 6.04 Å². The summed E-state index contributed by atoms with van der Waals surface area (Å²) in [5.41, 5.74) is 3.78. The summed E-state index contributed by atoms with van der Waals surface area (Å²) in [7, 11) is 0. The molecule has 0 aliphatic carbocycles. The van der Waals surface area contributed by atoms with E-state index in [1.54, 1.807) is 0 Å². The fourth-order valence-electron chi connectivity index (χ4n) is 4.21. The lowest BCUT2D eigenvalue weighted by Crippen LogP contribution is -2.55. The first-order valence-corrected chi connectivity index (χ1v) is 11.1. The first-order chi connectivity index (χ1) is 15.8. The van der Waals surface area contributed by atoms with Crippen molar-refractivity contribution >= 4 is 0 Å². The lowest BCUT2D eigenvalue weighted by Gasteiger charge is -2.44. The van der Waals surface area contributed by atoms with E-state index >= 15 is 0 Å². The molecule has 0 amide bonds. The van der Waals surface area contributed by atoms with Crippen molar-refractivity contribution in [2.24, 2.45) is 0 Å². The second kappa shape index (κ2) is 9.71. The maximum absolute atomic E-state index is 6.27. The fourth-order valence-corrected chi connectivity index (χ4v) is 4.21. The van der Waals surface area contributed by atoms with Gasteiger partial charge in [0.15, 0.2) is 0 Å². The SMILES string of the molecule is c1ccc(COc2cccc(OC3CN(C(c4ccccc4)c4ccccc4)C3)c2)cc1. The van der Waals surface area contributed by atoms with E-state index in [1.807, 2.05) is 42.5 Å². The Kier molecular flexibility index (Phi) is 6.18. The molecule has 1 saturated heterocycles. The minimum atomic E-state index is 0.175. The van der Waals surface area contributed by atoms with Gasteiger partial charge >= 0.3 is 0 Å². The van der Waals surface area contributed by atoms with Gasteiger partial charge in [-0.1, -0.05) is 97.1 Å². The minimum Gasteiger partial charge on any atom is -0.489 e. The van der Waals surface area contributed by atoms with Gasteiger partial charge in [-0.05, 0) is 28.8 Å². The van der Waals surface area contributed by atoms with E-state index in [2.05, 4.69) is 77.7 Å². The van der Waals surface area contributed by atoms with Crippen molar-refractivity contribution in [3.63, 3.8) is 0 Å². The average Bonchev–Trinajstić information content (AvgIpc) is 2.84. The van der Waals surface area contributed by atoms with Crippen LogP contribution in [0.3, 0.4) is 0 Å². The Morgan fingerprint density at radius 2 is 1.22 bits per heavy atom. The summed E-state index contributed by atoms with van der Waals surface area (Å²) in [6.45, 7) is 2.34. The van der Waals surface area contributed by atoms with Gasteiger partial charge in [-0.15, -0.1) is 0 Å². The molecule has 3 nitrogen and oxygen atoms in total. The van der Waals surface area contributed by atoms with Gasteiger partial charge in [0.25, 0.3) is 0 Å². The van der Waals surface area contributed by atoms with Crippen LogP contribution in [0.1, 0.15) is 22.7 Å². The number of benzene rings is 4. The molecule has 0 atom stereocenters. The maximum Gasteiger partial charge on any atom is 0.124 e. The fraction of sp³-hybridized carbons (Fsp3) is 0.172. The lowest BCUT2D eigenvalue weighted by atomic mass is 9.94. The van der Waals surface area contributed by atoms with E-state index in [1.165, 1.54) is 11.1 Å². The van der Waals surface area contributed by atoms with Crippen LogP contribution in [0.5, 0.6) is 11.5 Å². The maximum atomic E-state index is 6.27. The molecular weight excluding hydrogens is 394 g/mol. The monoisotopic (exact) mass is 421 g/mol. The Morgan fingerprint density at radius 1 is 0.656 bits per heavy atom. The van der Waals surface area contributed by atoms with Gasteiger partial charge in [-0.25, -0.2) is 0 Å². The van der Waals surface area contributed by atoms with E-state index < -0.39 is 0 Å². The molecule has 160 valence electrons. The van der Waals surface area contributed by atoms with Crippen LogP contribution < -0.4 is 9.47 Å². The second-order valence-corrected chi connectivity index (χ2v) is 8.17. The minimum absolute atomic E-state index is 0.175.